The van der Waals surface area contributed by atoms with Crippen molar-refractivity contribution in [1.82, 2.24) is 19.6 Å². The number of rotatable bonds is 4. The molecule has 2 rings (SSSR count). The zero-order valence-electron chi connectivity index (χ0n) is 11.3. The third-order valence-electron chi connectivity index (χ3n) is 3.65. The van der Waals surface area contributed by atoms with Crippen molar-refractivity contribution in [2.24, 2.45) is 5.73 Å². The summed E-state index contributed by atoms with van der Waals surface area (Å²) in [5, 5.41) is 0.0942. The van der Waals surface area contributed by atoms with Gasteiger partial charge in [0.15, 0.2) is 5.03 Å². The van der Waals surface area contributed by atoms with Gasteiger partial charge < -0.3 is 15.6 Å². The second-order valence-corrected chi connectivity index (χ2v) is 6.88. The number of nitrogens with one attached hydrogen (secondary N) is 2. The first-order chi connectivity index (χ1) is 8.87. The Bertz CT molecular complexity index is 531. The lowest BCUT2D eigenvalue weighted by Crippen LogP contribution is -2.58. The molecule has 19 heavy (non-hydrogen) atoms. The van der Waals surface area contributed by atoms with E-state index in [0.717, 1.165) is 13.1 Å². The second-order valence-electron chi connectivity index (χ2n) is 5.23. The summed E-state index contributed by atoms with van der Waals surface area (Å²) >= 11 is 0. The van der Waals surface area contributed by atoms with E-state index in [2.05, 4.69) is 19.6 Å². The van der Waals surface area contributed by atoms with Crippen LogP contribution in [0.25, 0.3) is 0 Å². The van der Waals surface area contributed by atoms with E-state index in [9.17, 15) is 8.42 Å². The zero-order chi connectivity index (χ0) is 14.1. The monoisotopic (exact) mass is 287 g/mol. The number of aromatic nitrogens is 2. The largest absolute Gasteiger partial charge is 0.332 e. The van der Waals surface area contributed by atoms with Gasteiger partial charge in [-0.2, -0.15) is 0 Å². The number of aryl methyl sites for hydroxylation is 1. The molecular weight excluding hydrogens is 266 g/mol. The van der Waals surface area contributed by atoms with Gasteiger partial charge in [0.05, 0.1) is 6.20 Å². The number of nitrogens with two attached hydrogens (primary N) is 1. The van der Waals surface area contributed by atoms with E-state index in [-0.39, 0.29) is 5.03 Å². The van der Waals surface area contributed by atoms with Crippen LogP contribution in [0.1, 0.15) is 18.7 Å². The van der Waals surface area contributed by atoms with Crippen LogP contribution < -0.4 is 10.5 Å². The molecule has 0 aliphatic carbocycles. The third-order valence-corrected chi connectivity index (χ3v) is 5.14. The van der Waals surface area contributed by atoms with Gasteiger partial charge in [0, 0.05) is 12.1 Å². The average Bonchev–Trinajstić information content (AvgIpc) is 2.80. The zero-order valence-corrected chi connectivity index (χ0v) is 12.1. The fourth-order valence-electron chi connectivity index (χ4n) is 2.27. The normalized spacial score (nSPS) is 20.6. The Morgan fingerprint density at radius 2 is 2.16 bits per heavy atom. The molecule has 1 aliphatic heterocycles. The molecule has 0 saturated carbocycles. The molecule has 8 heteroatoms. The maximum absolute atomic E-state index is 12.3. The number of hydrogen-bond acceptors (Lipinski definition) is 5. The molecule has 0 spiro atoms. The number of piperidine rings is 1. The van der Waals surface area contributed by atoms with Crippen molar-refractivity contribution >= 4 is 10.0 Å². The van der Waals surface area contributed by atoms with E-state index in [4.69, 9.17) is 5.73 Å². The minimum atomic E-state index is -3.59. The predicted molar refractivity (Wildman–Crippen MR) is 72.2 cm³/mol. The molecule has 1 aromatic heterocycles. The first kappa shape index (κ1) is 14.4. The molecular formula is C11H21N5O2S. The van der Waals surface area contributed by atoms with Gasteiger partial charge in [0.2, 0.25) is 0 Å². The van der Waals surface area contributed by atoms with Crippen LogP contribution in [0.15, 0.2) is 11.2 Å². The summed E-state index contributed by atoms with van der Waals surface area (Å²) in [5.74, 6) is 0.575. The maximum Gasteiger partial charge on any atom is 0.258 e. The summed E-state index contributed by atoms with van der Waals surface area (Å²) in [6.07, 6.45) is 2.76. The summed E-state index contributed by atoms with van der Waals surface area (Å²) in [7, 11) is -1.57. The van der Waals surface area contributed by atoms with Crippen LogP contribution in [0, 0.1) is 6.92 Å². The van der Waals surface area contributed by atoms with Crippen molar-refractivity contribution in [2.45, 2.75) is 30.3 Å². The SMILES string of the molecule is Cc1ncc(S(=O)(=O)NC2(CN)CCN(C)CC2)[nH]1. The van der Waals surface area contributed by atoms with Gasteiger partial charge in [-0.3, -0.25) is 0 Å². The van der Waals surface area contributed by atoms with Crippen LogP contribution in [0.3, 0.4) is 0 Å². The van der Waals surface area contributed by atoms with Crippen LogP contribution in [-0.4, -0.2) is 55.5 Å². The molecule has 1 fully saturated rings. The van der Waals surface area contributed by atoms with Gasteiger partial charge in [-0.1, -0.05) is 0 Å². The molecule has 7 nitrogen and oxygen atoms in total. The Kier molecular flexibility index (Phi) is 3.95. The Morgan fingerprint density at radius 1 is 1.53 bits per heavy atom. The molecule has 0 amide bonds. The fourth-order valence-corrected chi connectivity index (χ4v) is 3.71. The van der Waals surface area contributed by atoms with Gasteiger partial charge in [0.25, 0.3) is 10.0 Å². The smallest absolute Gasteiger partial charge is 0.258 e. The standard InChI is InChI=1S/C11H21N5O2S/c1-9-13-7-10(14-9)19(17,18)15-11(8-12)3-5-16(2)6-4-11/h7,15H,3-6,8,12H2,1-2H3,(H,13,14). The summed E-state index contributed by atoms with van der Waals surface area (Å²) in [6, 6.07) is 0. The minimum Gasteiger partial charge on any atom is -0.332 e. The fraction of sp³-hybridized carbons (Fsp3) is 0.727. The highest BCUT2D eigenvalue weighted by atomic mass is 32.2. The summed E-state index contributed by atoms with van der Waals surface area (Å²) in [6.45, 7) is 3.68. The van der Waals surface area contributed by atoms with Crippen LogP contribution in [-0.2, 0) is 10.0 Å². The average molecular weight is 287 g/mol. The molecule has 1 aromatic rings. The molecule has 4 N–H and O–H groups in total. The van der Waals surface area contributed by atoms with Gasteiger partial charge in [-0.25, -0.2) is 18.1 Å². The van der Waals surface area contributed by atoms with Crippen molar-refractivity contribution in [3.8, 4) is 0 Å². The lowest BCUT2D eigenvalue weighted by molar-refractivity contribution is 0.182. The first-order valence-corrected chi connectivity index (χ1v) is 7.79. The van der Waals surface area contributed by atoms with Crippen molar-refractivity contribution < 1.29 is 8.42 Å². The van der Waals surface area contributed by atoms with Crippen LogP contribution in [0.2, 0.25) is 0 Å². The summed E-state index contributed by atoms with van der Waals surface area (Å²) in [5.41, 5.74) is 5.25. The lowest BCUT2D eigenvalue weighted by atomic mass is 9.89. The van der Waals surface area contributed by atoms with Crippen LogP contribution >= 0.6 is 0 Å². The lowest BCUT2D eigenvalue weighted by Gasteiger charge is -2.39. The van der Waals surface area contributed by atoms with Crippen molar-refractivity contribution in [3.05, 3.63) is 12.0 Å². The van der Waals surface area contributed by atoms with Gasteiger partial charge in [0.1, 0.15) is 5.82 Å². The molecule has 0 atom stereocenters. The quantitative estimate of drug-likeness (QED) is 0.687. The van der Waals surface area contributed by atoms with E-state index in [1.54, 1.807) is 6.92 Å². The number of H-pyrrole nitrogens is 1. The highest BCUT2D eigenvalue weighted by Gasteiger charge is 2.37. The number of hydrogen-bond donors (Lipinski definition) is 3. The van der Waals surface area contributed by atoms with Crippen LogP contribution in [0.5, 0.6) is 0 Å². The molecule has 0 bridgehead atoms. The molecule has 1 aliphatic rings. The molecule has 0 aromatic carbocycles. The molecule has 1 saturated heterocycles. The van der Waals surface area contributed by atoms with E-state index in [1.165, 1.54) is 6.20 Å². The highest BCUT2D eigenvalue weighted by Crippen LogP contribution is 2.23. The van der Waals surface area contributed by atoms with E-state index in [1.807, 2.05) is 7.05 Å². The number of sulfonamides is 1. The van der Waals surface area contributed by atoms with Crippen LogP contribution in [0.4, 0.5) is 0 Å². The Labute approximate surface area is 113 Å². The number of nitrogens with zero attached hydrogens (tertiary/aromatic N) is 2. The summed E-state index contributed by atoms with van der Waals surface area (Å²) in [4.78, 5) is 8.83. The van der Waals surface area contributed by atoms with Crippen molar-refractivity contribution in [1.29, 1.82) is 0 Å². The van der Waals surface area contributed by atoms with E-state index >= 15 is 0 Å². The minimum absolute atomic E-state index is 0.0942. The Balaban J connectivity index is 2.18. The first-order valence-electron chi connectivity index (χ1n) is 6.31. The predicted octanol–water partition coefficient (Wildman–Crippen LogP) is -0.580. The number of imidazole rings is 1. The van der Waals surface area contributed by atoms with Crippen molar-refractivity contribution in [3.63, 3.8) is 0 Å². The summed E-state index contributed by atoms with van der Waals surface area (Å²) < 4.78 is 27.4. The van der Waals surface area contributed by atoms with Gasteiger partial charge in [-0.15, -0.1) is 0 Å². The molecule has 2 heterocycles. The molecule has 108 valence electrons. The second kappa shape index (κ2) is 5.20. The third kappa shape index (κ3) is 3.14. The number of aromatic amines is 1. The Morgan fingerprint density at radius 3 is 2.63 bits per heavy atom. The maximum atomic E-state index is 12.3. The van der Waals surface area contributed by atoms with E-state index < -0.39 is 15.6 Å². The molecule has 0 unspecified atom stereocenters. The van der Waals surface area contributed by atoms with Gasteiger partial charge >= 0.3 is 0 Å². The number of likely N-dealkylation sites (tertiary alicyclic amines) is 1. The Hall–Kier alpha value is -0.960. The van der Waals surface area contributed by atoms with E-state index in [0.29, 0.717) is 25.2 Å². The van der Waals surface area contributed by atoms with Gasteiger partial charge in [-0.05, 0) is 39.9 Å². The topological polar surface area (TPSA) is 104 Å². The van der Waals surface area contributed by atoms with Crippen molar-refractivity contribution in [2.75, 3.05) is 26.7 Å². The molecule has 0 radical (unpaired) electrons. The highest BCUT2D eigenvalue weighted by molar-refractivity contribution is 7.89.